The van der Waals surface area contributed by atoms with Gasteiger partial charge < -0.3 is 0 Å². The number of nitrogens with zero attached hydrogens (tertiary/aromatic N) is 1. The number of hydrogen-bond acceptors (Lipinski definition) is 3. The SMILES string of the molecule is CC(C)(C(=O)C1=CC=C2C(=Cc3ccccc32)C1=O)N1CCCCC1. The minimum atomic E-state index is -0.640. The number of hydrogen-bond donors (Lipinski definition) is 0. The summed E-state index contributed by atoms with van der Waals surface area (Å²) in [5, 5.41) is 0. The molecular weight excluding hydrogens is 310 g/mol. The fourth-order valence-electron chi connectivity index (χ4n) is 4.11. The van der Waals surface area contributed by atoms with Gasteiger partial charge >= 0.3 is 0 Å². The van der Waals surface area contributed by atoms with E-state index in [2.05, 4.69) is 4.90 Å². The second kappa shape index (κ2) is 5.92. The lowest BCUT2D eigenvalue weighted by molar-refractivity contribution is -0.128. The highest BCUT2D eigenvalue weighted by atomic mass is 16.2. The molecule has 1 fully saturated rings. The maximum absolute atomic E-state index is 13.2. The van der Waals surface area contributed by atoms with E-state index in [9.17, 15) is 9.59 Å². The van der Waals surface area contributed by atoms with Crippen molar-refractivity contribution in [1.29, 1.82) is 0 Å². The number of piperidine rings is 1. The van der Waals surface area contributed by atoms with E-state index in [4.69, 9.17) is 0 Å². The van der Waals surface area contributed by atoms with E-state index in [1.807, 2.05) is 50.3 Å². The van der Waals surface area contributed by atoms with Crippen LogP contribution in [0.3, 0.4) is 0 Å². The Kier molecular flexibility index (Phi) is 3.84. The minimum absolute atomic E-state index is 0.0634. The fourth-order valence-corrected chi connectivity index (χ4v) is 4.11. The molecule has 1 saturated heterocycles. The second-order valence-corrected chi connectivity index (χ2v) is 7.57. The molecule has 0 spiro atoms. The molecule has 3 aliphatic rings. The quantitative estimate of drug-likeness (QED) is 0.790. The van der Waals surface area contributed by atoms with Crippen molar-refractivity contribution >= 4 is 23.2 Å². The molecule has 0 atom stereocenters. The molecule has 4 rings (SSSR count). The monoisotopic (exact) mass is 333 g/mol. The van der Waals surface area contributed by atoms with E-state index < -0.39 is 5.54 Å². The zero-order valence-corrected chi connectivity index (χ0v) is 14.8. The zero-order chi connectivity index (χ0) is 17.6. The lowest BCUT2D eigenvalue weighted by Crippen LogP contribution is -2.53. The summed E-state index contributed by atoms with van der Waals surface area (Å²) in [6.45, 7) is 5.75. The number of Topliss-reactive ketones (excluding diaryl/α,β-unsaturated/α-hetero) is 2. The number of benzene rings is 1. The van der Waals surface area contributed by atoms with Crippen LogP contribution in [0.1, 0.15) is 44.2 Å². The smallest absolute Gasteiger partial charge is 0.197 e. The molecular formula is C22H23NO2. The Balaban J connectivity index is 1.66. The minimum Gasteiger partial charge on any atom is -0.292 e. The van der Waals surface area contributed by atoms with Crippen molar-refractivity contribution in [3.8, 4) is 0 Å². The number of carbonyl (C=O) groups is 2. The standard InChI is InChI=1S/C22H23NO2/c1-22(2,23-12-6-3-7-13-23)21(25)18-11-10-17-16-9-5-4-8-15(16)14-19(17)20(18)24/h4-5,8-11,14H,3,6-7,12-13H2,1-2H3. The zero-order valence-electron chi connectivity index (χ0n) is 14.8. The van der Waals surface area contributed by atoms with Gasteiger partial charge in [0.2, 0.25) is 0 Å². The first-order valence-electron chi connectivity index (χ1n) is 9.08. The average molecular weight is 333 g/mol. The van der Waals surface area contributed by atoms with Crippen molar-refractivity contribution in [2.45, 2.75) is 38.6 Å². The van der Waals surface area contributed by atoms with E-state index in [1.54, 1.807) is 6.08 Å². The number of rotatable bonds is 3. The molecule has 25 heavy (non-hydrogen) atoms. The topological polar surface area (TPSA) is 37.4 Å². The number of ketones is 2. The van der Waals surface area contributed by atoms with Crippen LogP contribution in [0, 0.1) is 0 Å². The van der Waals surface area contributed by atoms with Gasteiger partial charge in [-0.3, -0.25) is 14.5 Å². The molecule has 0 unspecified atom stereocenters. The number of carbonyl (C=O) groups excluding carboxylic acids is 2. The van der Waals surface area contributed by atoms with E-state index in [-0.39, 0.29) is 11.6 Å². The number of likely N-dealkylation sites (tertiary alicyclic amines) is 1. The van der Waals surface area contributed by atoms with Crippen molar-refractivity contribution in [2.24, 2.45) is 0 Å². The van der Waals surface area contributed by atoms with Crippen LogP contribution in [0.2, 0.25) is 0 Å². The van der Waals surface area contributed by atoms with Gasteiger partial charge in [0.1, 0.15) is 0 Å². The third-order valence-corrected chi connectivity index (χ3v) is 5.69. The van der Waals surface area contributed by atoms with Gasteiger partial charge in [0.05, 0.1) is 11.1 Å². The van der Waals surface area contributed by atoms with Crippen molar-refractivity contribution < 1.29 is 9.59 Å². The van der Waals surface area contributed by atoms with Crippen LogP contribution in [-0.2, 0) is 9.59 Å². The highest BCUT2D eigenvalue weighted by Crippen LogP contribution is 2.40. The predicted octanol–water partition coefficient (Wildman–Crippen LogP) is 3.81. The fraction of sp³-hybridized carbons (Fsp3) is 0.364. The van der Waals surface area contributed by atoms with Gasteiger partial charge in [0.25, 0.3) is 0 Å². The summed E-state index contributed by atoms with van der Waals surface area (Å²) < 4.78 is 0. The van der Waals surface area contributed by atoms with Gasteiger partial charge in [-0.25, -0.2) is 0 Å². The highest BCUT2D eigenvalue weighted by Gasteiger charge is 2.41. The maximum Gasteiger partial charge on any atom is 0.197 e. The van der Waals surface area contributed by atoms with Crippen LogP contribution in [0.25, 0.3) is 11.6 Å². The molecule has 3 heteroatoms. The Bertz CT molecular complexity index is 849. The summed E-state index contributed by atoms with van der Waals surface area (Å²) in [5.41, 5.74) is 3.39. The summed E-state index contributed by atoms with van der Waals surface area (Å²) in [6, 6.07) is 7.98. The Morgan fingerprint density at radius 3 is 2.48 bits per heavy atom. The van der Waals surface area contributed by atoms with Crippen LogP contribution < -0.4 is 0 Å². The first-order valence-corrected chi connectivity index (χ1v) is 9.08. The molecule has 1 aliphatic heterocycles. The Labute approximate surface area is 148 Å². The molecule has 0 amide bonds. The summed E-state index contributed by atoms with van der Waals surface area (Å²) in [5.74, 6) is -0.199. The highest BCUT2D eigenvalue weighted by molar-refractivity contribution is 6.36. The van der Waals surface area contributed by atoms with Gasteiger partial charge in [-0.2, -0.15) is 0 Å². The number of fused-ring (bicyclic) bond motifs is 3. The summed E-state index contributed by atoms with van der Waals surface area (Å²) in [6.07, 6.45) is 9.03. The Hall–Kier alpha value is -2.26. The first-order chi connectivity index (χ1) is 12.0. The third-order valence-electron chi connectivity index (χ3n) is 5.69. The largest absolute Gasteiger partial charge is 0.292 e. The van der Waals surface area contributed by atoms with Crippen molar-refractivity contribution in [1.82, 2.24) is 4.90 Å². The van der Waals surface area contributed by atoms with Gasteiger partial charge in [-0.15, -0.1) is 0 Å². The van der Waals surface area contributed by atoms with E-state index in [1.165, 1.54) is 6.42 Å². The molecule has 0 aromatic heterocycles. The lowest BCUT2D eigenvalue weighted by Gasteiger charge is -2.40. The van der Waals surface area contributed by atoms with E-state index in [0.29, 0.717) is 11.1 Å². The summed E-state index contributed by atoms with van der Waals surface area (Å²) in [4.78, 5) is 28.5. The van der Waals surface area contributed by atoms with Gasteiger partial charge in [0.15, 0.2) is 11.6 Å². The first kappa shape index (κ1) is 16.2. The molecule has 128 valence electrons. The van der Waals surface area contributed by atoms with Crippen molar-refractivity contribution in [2.75, 3.05) is 13.1 Å². The predicted molar refractivity (Wildman–Crippen MR) is 100.0 cm³/mol. The van der Waals surface area contributed by atoms with Gasteiger partial charge in [-0.1, -0.05) is 36.8 Å². The molecule has 3 nitrogen and oxygen atoms in total. The van der Waals surface area contributed by atoms with Gasteiger partial charge in [0, 0.05) is 5.57 Å². The lowest BCUT2D eigenvalue weighted by atomic mass is 9.82. The van der Waals surface area contributed by atoms with Crippen LogP contribution in [0.15, 0.2) is 47.6 Å². The molecule has 1 aromatic carbocycles. The van der Waals surface area contributed by atoms with Crippen molar-refractivity contribution in [3.63, 3.8) is 0 Å². The molecule has 0 bridgehead atoms. The maximum atomic E-state index is 13.2. The molecule has 0 N–H and O–H groups in total. The van der Waals surface area contributed by atoms with E-state index >= 15 is 0 Å². The summed E-state index contributed by atoms with van der Waals surface area (Å²) >= 11 is 0. The van der Waals surface area contributed by atoms with E-state index in [0.717, 1.165) is 42.6 Å². The van der Waals surface area contributed by atoms with Crippen LogP contribution >= 0.6 is 0 Å². The molecule has 0 radical (unpaired) electrons. The molecule has 1 heterocycles. The van der Waals surface area contributed by atoms with Crippen molar-refractivity contribution in [3.05, 3.63) is 58.7 Å². The normalized spacial score (nSPS) is 20.4. The van der Waals surface area contributed by atoms with Crippen LogP contribution in [-0.4, -0.2) is 35.1 Å². The Morgan fingerprint density at radius 2 is 1.72 bits per heavy atom. The molecule has 2 aliphatic carbocycles. The van der Waals surface area contributed by atoms with Crippen LogP contribution in [0.5, 0.6) is 0 Å². The second-order valence-electron chi connectivity index (χ2n) is 7.57. The third kappa shape index (κ3) is 2.54. The average Bonchev–Trinajstić information content (AvgIpc) is 3.02. The molecule has 1 aromatic rings. The van der Waals surface area contributed by atoms with Crippen LogP contribution in [0.4, 0.5) is 0 Å². The van der Waals surface area contributed by atoms with Gasteiger partial charge in [-0.05, 0) is 68.6 Å². The summed E-state index contributed by atoms with van der Waals surface area (Å²) in [7, 11) is 0. The molecule has 0 saturated carbocycles. The Morgan fingerprint density at radius 1 is 1.00 bits per heavy atom. The number of allylic oxidation sites excluding steroid dienone is 4.